The summed E-state index contributed by atoms with van der Waals surface area (Å²) in [5.74, 6) is 0. The molecule has 0 saturated heterocycles. The second-order valence-corrected chi connectivity index (χ2v) is 10.1. The number of aromatic nitrogens is 3. The van der Waals surface area contributed by atoms with Gasteiger partial charge in [-0.15, -0.1) is 0 Å². The van der Waals surface area contributed by atoms with Gasteiger partial charge in [-0.1, -0.05) is 84.9 Å². The third kappa shape index (κ3) is 3.34. The van der Waals surface area contributed by atoms with Gasteiger partial charge in [0.2, 0.25) is 0 Å². The first-order valence-electron chi connectivity index (χ1n) is 13.3. The average Bonchev–Trinajstić information content (AvgIpc) is 3.38. The van der Waals surface area contributed by atoms with E-state index in [9.17, 15) is 10.5 Å². The van der Waals surface area contributed by atoms with Crippen LogP contribution in [-0.4, -0.2) is 14.5 Å². The Morgan fingerprint density at radius 3 is 1.54 bits per heavy atom. The number of para-hydroxylation sites is 2. The van der Waals surface area contributed by atoms with Gasteiger partial charge in [0, 0.05) is 27.2 Å². The molecule has 2 heterocycles. The minimum absolute atomic E-state index is 0.0429. The van der Waals surface area contributed by atoms with Crippen LogP contribution >= 0.6 is 0 Å². The van der Waals surface area contributed by atoms with Crippen LogP contribution in [0.2, 0.25) is 0 Å². The van der Waals surface area contributed by atoms with E-state index in [0.29, 0.717) is 11.0 Å². The Morgan fingerprint density at radius 2 is 0.951 bits per heavy atom. The predicted octanol–water partition coefficient (Wildman–Crippen LogP) is 8.44. The summed E-state index contributed by atoms with van der Waals surface area (Å²) in [6, 6.07) is 44.1. The molecule has 0 aliphatic carbocycles. The highest BCUT2D eigenvalue weighted by atomic mass is 15.0. The number of hydrogen-bond acceptors (Lipinski definition) is 4. The van der Waals surface area contributed by atoms with Crippen LogP contribution in [0, 0.1) is 22.7 Å². The Bertz CT molecular complexity index is 2380. The summed E-state index contributed by atoms with van der Waals surface area (Å²) in [6.07, 6.45) is 0. The lowest BCUT2D eigenvalue weighted by atomic mass is 9.95. The molecule has 41 heavy (non-hydrogen) atoms. The van der Waals surface area contributed by atoms with Crippen molar-refractivity contribution in [1.29, 1.82) is 10.5 Å². The first-order valence-corrected chi connectivity index (χ1v) is 13.3. The van der Waals surface area contributed by atoms with Crippen LogP contribution in [0.5, 0.6) is 0 Å². The van der Waals surface area contributed by atoms with Gasteiger partial charge < -0.3 is 4.57 Å². The van der Waals surface area contributed by atoms with Crippen LogP contribution in [0.1, 0.15) is 11.4 Å². The minimum atomic E-state index is 0.0429. The van der Waals surface area contributed by atoms with Gasteiger partial charge in [-0.3, -0.25) is 0 Å². The molecule has 8 rings (SSSR count). The molecule has 0 spiro atoms. The van der Waals surface area contributed by atoms with Gasteiger partial charge >= 0.3 is 0 Å². The zero-order chi connectivity index (χ0) is 27.5. The lowest BCUT2D eigenvalue weighted by Gasteiger charge is -2.12. The smallest absolute Gasteiger partial charge is 0.177 e. The van der Waals surface area contributed by atoms with Crippen LogP contribution in [0.3, 0.4) is 0 Å². The van der Waals surface area contributed by atoms with E-state index in [-0.39, 0.29) is 11.4 Å². The molecular weight excluding hydrogens is 502 g/mol. The standard InChI is InChI=1S/C36H19N5/c37-20-31-32(21-38)40-36-29-18-15-23(19-30(29)25-7-1-2-10-28(25)35(36)39-31)22-13-16-24(17-14-22)41-33-11-5-3-8-26(33)27-9-4-6-12-34(27)41/h1-19H. The molecule has 0 fully saturated rings. The van der Waals surface area contributed by atoms with E-state index in [2.05, 4.69) is 106 Å². The molecule has 0 radical (unpaired) electrons. The third-order valence-corrected chi connectivity index (χ3v) is 7.89. The molecular formula is C36H19N5. The summed E-state index contributed by atoms with van der Waals surface area (Å²) in [5, 5.41) is 25.5. The Labute approximate surface area is 234 Å². The fourth-order valence-electron chi connectivity index (χ4n) is 6.05. The largest absolute Gasteiger partial charge is 0.309 e. The Hall–Kier alpha value is -6.04. The number of rotatable bonds is 2. The van der Waals surface area contributed by atoms with Gasteiger partial charge in [0.15, 0.2) is 11.4 Å². The highest BCUT2D eigenvalue weighted by Gasteiger charge is 2.16. The van der Waals surface area contributed by atoms with E-state index >= 15 is 0 Å². The molecule has 5 nitrogen and oxygen atoms in total. The maximum Gasteiger partial charge on any atom is 0.177 e. The van der Waals surface area contributed by atoms with Crippen molar-refractivity contribution >= 4 is 54.4 Å². The molecule has 0 aliphatic rings. The summed E-state index contributed by atoms with van der Waals surface area (Å²) in [5.41, 5.74) is 7.00. The number of nitriles is 2. The number of benzene rings is 6. The molecule has 5 heteroatoms. The molecule has 188 valence electrons. The topological polar surface area (TPSA) is 78.3 Å². The minimum Gasteiger partial charge on any atom is -0.309 e. The van der Waals surface area contributed by atoms with E-state index in [0.717, 1.165) is 38.4 Å². The highest BCUT2D eigenvalue weighted by Crippen LogP contribution is 2.37. The van der Waals surface area contributed by atoms with E-state index < -0.39 is 0 Å². The average molecular weight is 522 g/mol. The normalized spacial score (nSPS) is 11.4. The lowest BCUT2D eigenvalue weighted by Crippen LogP contribution is -1.97. The van der Waals surface area contributed by atoms with Crippen molar-refractivity contribution in [3.63, 3.8) is 0 Å². The molecule has 0 unspecified atom stereocenters. The first kappa shape index (κ1) is 22.9. The van der Waals surface area contributed by atoms with Crippen molar-refractivity contribution in [3.8, 4) is 29.0 Å². The number of fused-ring (bicyclic) bond motifs is 9. The van der Waals surface area contributed by atoms with Gasteiger partial charge in [-0.2, -0.15) is 10.5 Å². The van der Waals surface area contributed by atoms with Crippen LogP contribution < -0.4 is 0 Å². The molecule has 2 aromatic heterocycles. The SMILES string of the molecule is N#Cc1nc2c3ccccc3c3cc(-c4ccc(-n5c6ccccc6c6ccccc65)cc4)ccc3c2nc1C#N. The quantitative estimate of drug-likeness (QED) is 0.214. The van der Waals surface area contributed by atoms with Crippen LogP contribution in [0.4, 0.5) is 0 Å². The summed E-state index contributed by atoms with van der Waals surface area (Å²) < 4.78 is 2.31. The zero-order valence-electron chi connectivity index (χ0n) is 21.7. The van der Waals surface area contributed by atoms with E-state index in [4.69, 9.17) is 0 Å². The van der Waals surface area contributed by atoms with Gasteiger partial charge in [-0.05, 0) is 52.2 Å². The summed E-state index contributed by atoms with van der Waals surface area (Å²) in [6.45, 7) is 0. The summed E-state index contributed by atoms with van der Waals surface area (Å²) in [7, 11) is 0. The van der Waals surface area contributed by atoms with Crippen LogP contribution in [-0.2, 0) is 0 Å². The maximum atomic E-state index is 9.59. The monoisotopic (exact) mass is 521 g/mol. The van der Waals surface area contributed by atoms with Gasteiger partial charge in [0.1, 0.15) is 12.1 Å². The second kappa shape index (κ2) is 8.74. The van der Waals surface area contributed by atoms with E-state index in [1.807, 2.05) is 36.4 Å². The van der Waals surface area contributed by atoms with Crippen molar-refractivity contribution in [2.75, 3.05) is 0 Å². The van der Waals surface area contributed by atoms with Crippen LogP contribution in [0.15, 0.2) is 115 Å². The Morgan fingerprint density at radius 1 is 0.463 bits per heavy atom. The second-order valence-electron chi connectivity index (χ2n) is 10.1. The third-order valence-electron chi connectivity index (χ3n) is 7.89. The molecule has 6 aromatic carbocycles. The summed E-state index contributed by atoms with van der Waals surface area (Å²) in [4.78, 5) is 9.14. The molecule has 0 atom stereocenters. The van der Waals surface area contributed by atoms with Crippen LogP contribution in [0.25, 0.3) is 71.2 Å². The highest BCUT2D eigenvalue weighted by molar-refractivity contribution is 6.23. The predicted molar refractivity (Wildman–Crippen MR) is 164 cm³/mol. The Kier molecular flexibility index (Phi) is 4.88. The maximum absolute atomic E-state index is 9.59. The molecule has 0 bridgehead atoms. The van der Waals surface area contributed by atoms with Crippen molar-refractivity contribution < 1.29 is 0 Å². The van der Waals surface area contributed by atoms with Gasteiger partial charge in [0.05, 0.1) is 22.1 Å². The molecule has 0 saturated carbocycles. The van der Waals surface area contributed by atoms with Gasteiger partial charge in [-0.25, -0.2) is 9.97 Å². The molecule has 0 aliphatic heterocycles. The van der Waals surface area contributed by atoms with E-state index in [1.165, 1.54) is 21.8 Å². The van der Waals surface area contributed by atoms with Crippen molar-refractivity contribution in [2.45, 2.75) is 0 Å². The fraction of sp³-hybridized carbons (Fsp3) is 0. The number of nitrogens with zero attached hydrogens (tertiary/aromatic N) is 5. The van der Waals surface area contributed by atoms with Crippen molar-refractivity contribution in [3.05, 3.63) is 127 Å². The van der Waals surface area contributed by atoms with Gasteiger partial charge in [0.25, 0.3) is 0 Å². The van der Waals surface area contributed by atoms with Crippen molar-refractivity contribution in [2.24, 2.45) is 0 Å². The Balaban J connectivity index is 1.31. The summed E-state index contributed by atoms with van der Waals surface area (Å²) >= 11 is 0. The molecule has 8 aromatic rings. The molecule has 0 N–H and O–H groups in total. The number of hydrogen-bond donors (Lipinski definition) is 0. The van der Waals surface area contributed by atoms with E-state index in [1.54, 1.807) is 0 Å². The molecule has 0 amide bonds. The fourth-order valence-corrected chi connectivity index (χ4v) is 6.05. The van der Waals surface area contributed by atoms with Crippen molar-refractivity contribution in [1.82, 2.24) is 14.5 Å². The first-order chi connectivity index (χ1) is 20.2. The lowest BCUT2D eigenvalue weighted by molar-refractivity contribution is 1.18. The zero-order valence-corrected chi connectivity index (χ0v) is 21.7.